The van der Waals surface area contributed by atoms with Gasteiger partial charge in [-0.25, -0.2) is 19.9 Å². The summed E-state index contributed by atoms with van der Waals surface area (Å²) in [5.41, 5.74) is 4.46. The maximum atomic E-state index is 5.48. The van der Waals surface area contributed by atoms with Gasteiger partial charge in [-0.2, -0.15) is 0 Å². The van der Waals surface area contributed by atoms with Gasteiger partial charge in [-0.3, -0.25) is 0 Å². The Labute approximate surface area is 173 Å². The van der Waals surface area contributed by atoms with Gasteiger partial charge < -0.3 is 9.64 Å². The van der Waals surface area contributed by atoms with E-state index in [2.05, 4.69) is 20.8 Å². The highest BCUT2D eigenvalue weighted by molar-refractivity contribution is 7.99. The van der Waals surface area contributed by atoms with E-state index in [1.54, 1.807) is 23.1 Å². The van der Waals surface area contributed by atoms with Crippen LogP contribution in [-0.2, 0) is 11.3 Å². The maximum Gasteiger partial charge on any atom is 0.194 e. The van der Waals surface area contributed by atoms with Crippen LogP contribution in [0.2, 0.25) is 0 Å². The number of aryl methyl sites for hydroxylation is 4. The Morgan fingerprint density at radius 1 is 0.929 bits per heavy atom. The molecule has 0 amide bonds. The zero-order chi connectivity index (χ0) is 19.8. The Balaban J connectivity index is 1.74. The van der Waals surface area contributed by atoms with Crippen LogP contribution in [0.5, 0.6) is 0 Å². The highest BCUT2D eigenvalue weighted by Crippen LogP contribution is 2.37. The molecule has 0 bridgehead atoms. The molecule has 0 radical (unpaired) electrons. The molecule has 28 heavy (non-hydrogen) atoms. The van der Waals surface area contributed by atoms with E-state index in [1.165, 1.54) is 15.3 Å². The van der Waals surface area contributed by atoms with Crippen molar-refractivity contribution in [3.63, 3.8) is 0 Å². The second-order valence-electron chi connectivity index (χ2n) is 7.35. The molecule has 1 aliphatic rings. The second kappa shape index (κ2) is 8.02. The average Bonchev–Trinajstić information content (AvgIpc) is 2.94. The van der Waals surface area contributed by atoms with Crippen LogP contribution in [0.25, 0.3) is 10.2 Å². The lowest BCUT2D eigenvalue weighted by Crippen LogP contribution is -3.12. The topological polar surface area (TPSA) is 65.2 Å². The zero-order valence-electron chi connectivity index (χ0n) is 17.0. The number of aromatic nitrogens is 4. The molecular formula is C20H26N5OS2+. The normalized spacial score (nSPS) is 15.5. The number of ether oxygens (including phenoxy) is 1. The van der Waals surface area contributed by atoms with Crippen molar-refractivity contribution in [1.29, 1.82) is 0 Å². The van der Waals surface area contributed by atoms with Crippen molar-refractivity contribution in [2.24, 2.45) is 0 Å². The van der Waals surface area contributed by atoms with Crippen LogP contribution in [0.4, 0.5) is 0 Å². The van der Waals surface area contributed by atoms with Gasteiger partial charge in [-0.05, 0) is 57.5 Å². The van der Waals surface area contributed by atoms with Crippen LogP contribution in [0, 0.1) is 34.6 Å². The first-order valence-electron chi connectivity index (χ1n) is 9.60. The molecule has 6 nitrogen and oxygen atoms in total. The van der Waals surface area contributed by atoms with E-state index in [4.69, 9.17) is 24.7 Å². The molecule has 148 valence electrons. The lowest BCUT2D eigenvalue weighted by atomic mass is 10.2. The summed E-state index contributed by atoms with van der Waals surface area (Å²) in [6.07, 6.45) is 0. The van der Waals surface area contributed by atoms with Gasteiger partial charge in [0.15, 0.2) is 11.0 Å². The van der Waals surface area contributed by atoms with E-state index in [9.17, 15) is 0 Å². The lowest BCUT2D eigenvalue weighted by Gasteiger charge is -2.23. The van der Waals surface area contributed by atoms with Crippen molar-refractivity contribution in [2.75, 3.05) is 26.3 Å². The highest BCUT2D eigenvalue weighted by atomic mass is 32.2. The third-order valence-electron chi connectivity index (χ3n) is 5.45. The van der Waals surface area contributed by atoms with E-state index < -0.39 is 0 Å². The first-order chi connectivity index (χ1) is 13.4. The first kappa shape index (κ1) is 19.7. The summed E-state index contributed by atoms with van der Waals surface area (Å²) in [6.45, 7) is 14.9. The van der Waals surface area contributed by atoms with Gasteiger partial charge in [0, 0.05) is 21.7 Å². The summed E-state index contributed by atoms with van der Waals surface area (Å²) in [7, 11) is 0. The Morgan fingerprint density at radius 2 is 1.61 bits per heavy atom. The summed E-state index contributed by atoms with van der Waals surface area (Å²) in [6, 6.07) is 0. The zero-order valence-corrected chi connectivity index (χ0v) is 18.7. The number of hydrogen-bond acceptors (Lipinski definition) is 7. The summed E-state index contributed by atoms with van der Waals surface area (Å²) < 4.78 is 5.48. The van der Waals surface area contributed by atoms with E-state index in [0.29, 0.717) is 0 Å². The van der Waals surface area contributed by atoms with Crippen LogP contribution in [0.15, 0.2) is 10.2 Å². The number of rotatable bonds is 4. The molecule has 0 aliphatic carbocycles. The molecule has 0 saturated carbocycles. The van der Waals surface area contributed by atoms with Gasteiger partial charge in [0.2, 0.25) is 0 Å². The van der Waals surface area contributed by atoms with Gasteiger partial charge >= 0.3 is 0 Å². The number of fused-ring (bicyclic) bond motifs is 1. The van der Waals surface area contributed by atoms with E-state index >= 15 is 0 Å². The minimum absolute atomic E-state index is 0.758. The van der Waals surface area contributed by atoms with Gasteiger partial charge in [0.05, 0.1) is 13.2 Å². The fourth-order valence-corrected chi connectivity index (χ4v) is 5.50. The van der Waals surface area contributed by atoms with Crippen LogP contribution >= 0.6 is 23.1 Å². The molecule has 8 heteroatoms. The van der Waals surface area contributed by atoms with Crippen LogP contribution in [0.3, 0.4) is 0 Å². The first-order valence-corrected chi connectivity index (χ1v) is 11.2. The summed E-state index contributed by atoms with van der Waals surface area (Å²) in [4.78, 5) is 23.1. The number of hydrogen-bond donors (Lipinski definition) is 1. The van der Waals surface area contributed by atoms with Crippen molar-refractivity contribution in [3.8, 4) is 0 Å². The average molecular weight is 417 g/mol. The standard InChI is InChI=1S/C20H25N5OS2/c1-11-13(3)21-20(22-14(11)4)28-19-17-12(2)15(5)27-18(17)23-16(24-19)10-25-6-8-26-9-7-25/h6-10H2,1-5H3/p+1. The van der Waals surface area contributed by atoms with Crippen molar-refractivity contribution < 1.29 is 9.64 Å². The predicted octanol–water partition coefficient (Wildman–Crippen LogP) is 2.59. The minimum atomic E-state index is 0.758. The van der Waals surface area contributed by atoms with E-state index in [-0.39, 0.29) is 0 Å². The second-order valence-corrected chi connectivity index (χ2v) is 9.51. The van der Waals surface area contributed by atoms with Crippen molar-refractivity contribution >= 4 is 33.3 Å². The molecular weight excluding hydrogens is 390 g/mol. The summed E-state index contributed by atoms with van der Waals surface area (Å²) in [5.74, 6) is 0.897. The van der Waals surface area contributed by atoms with E-state index in [1.807, 2.05) is 13.8 Å². The molecule has 0 aromatic carbocycles. The molecule has 0 atom stereocenters. The smallest absolute Gasteiger partial charge is 0.194 e. The number of nitrogens with zero attached hydrogens (tertiary/aromatic N) is 4. The van der Waals surface area contributed by atoms with E-state index in [0.717, 1.165) is 76.0 Å². The van der Waals surface area contributed by atoms with Gasteiger partial charge in [-0.15, -0.1) is 11.3 Å². The molecule has 0 unspecified atom stereocenters. The number of thiophene rings is 1. The van der Waals surface area contributed by atoms with Gasteiger partial charge in [-0.1, -0.05) is 0 Å². The largest absolute Gasteiger partial charge is 0.370 e. The molecule has 1 aliphatic heterocycles. The molecule has 1 N–H and O–H groups in total. The maximum absolute atomic E-state index is 5.48. The Hall–Kier alpha value is -1.61. The van der Waals surface area contributed by atoms with Gasteiger partial charge in [0.1, 0.15) is 29.5 Å². The molecule has 3 aromatic heterocycles. The molecule has 1 saturated heterocycles. The number of morpholine rings is 1. The van der Waals surface area contributed by atoms with Crippen molar-refractivity contribution in [1.82, 2.24) is 19.9 Å². The quantitative estimate of drug-likeness (QED) is 0.521. The third-order valence-corrected chi connectivity index (χ3v) is 7.40. The van der Waals surface area contributed by atoms with Crippen LogP contribution < -0.4 is 4.90 Å². The lowest BCUT2D eigenvalue weighted by molar-refractivity contribution is -0.922. The SMILES string of the molecule is Cc1nc(Sc2nc(C[NH+]3CCOCC3)nc3sc(C)c(C)c23)nc(C)c1C. The number of nitrogens with one attached hydrogen (secondary N) is 1. The molecule has 4 heterocycles. The molecule has 4 rings (SSSR count). The molecule has 0 spiro atoms. The highest BCUT2D eigenvalue weighted by Gasteiger charge is 2.21. The van der Waals surface area contributed by atoms with Crippen molar-refractivity contribution in [2.45, 2.75) is 51.3 Å². The summed E-state index contributed by atoms with van der Waals surface area (Å²) in [5, 5.41) is 2.87. The minimum Gasteiger partial charge on any atom is -0.370 e. The Morgan fingerprint density at radius 3 is 2.29 bits per heavy atom. The molecule has 1 fully saturated rings. The fourth-order valence-electron chi connectivity index (χ4n) is 3.34. The summed E-state index contributed by atoms with van der Waals surface area (Å²) >= 11 is 3.31. The van der Waals surface area contributed by atoms with Crippen LogP contribution in [0.1, 0.15) is 33.2 Å². The Kier molecular flexibility index (Phi) is 5.64. The van der Waals surface area contributed by atoms with Gasteiger partial charge in [0.25, 0.3) is 0 Å². The third kappa shape index (κ3) is 3.91. The monoisotopic (exact) mass is 416 g/mol. The van der Waals surface area contributed by atoms with Crippen LogP contribution in [-0.4, -0.2) is 46.2 Å². The Bertz CT molecular complexity index is 1000. The number of quaternary nitrogens is 1. The van der Waals surface area contributed by atoms with Crippen molar-refractivity contribution in [3.05, 3.63) is 33.2 Å². The predicted molar refractivity (Wildman–Crippen MR) is 112 cm³/mol. The molecule has 3 aromatic rings. The fraction of sp³-hybridized carbons (Fsp3) is 0.500.